The number of hydrogen-bond acceptors (Lipinski definition) is 0. The Labute approximate surface area is 157 Å². The summed E-state index contributed by atoms with van der Waals surface area (Å²) in [4.78, 5) is 1.10. The molecule has 0 unspecified atom stereocenters. The van der Waals surface area contributed by atoms with Crippen molar-refractivity contribution in [3.8, 4) is 0 Å². The number of halogens is 1. The number of benzene rings is 3. The van der Waals surface area contributed by atoms with Crippen molar-refractivity contribution in [2.45, 2.75) is 24.5 Å². The molecular weight excluding hydrogens is 403 g/mol. The van der Waals surface area contributed by atoms with Gasteiger partial charge in [-0.2, -0.15) is 0 Å². The predicted octanol–water partition coefficient (Wildman–Crippen LogP) is 4.72. The van der Waals surface area contributed by atoms with Gasteiger partial charge in [0.15, 0.2) is 0 Å². The summed E-state index contributed by atoms with van der Waals surface area (Å²) in [6, 6.07) is 32.5. The fourth-order valence-electron chi connectivity index (χ4n) is 3.83. The SMILES string of the molecule is C[Si](C)(C)C[As](Cl)(c1ccccc1)(c1ccccc1)c1ccccc1. The molecule has 0 amide bonds. The van der Waals surface area contributed by atoms with Crippen LogP contribution in [-0.2, 0) is 0 Å². The summed E-state index contributed by atoms with van der Waals surface area (Å²) in [6.45, 7) is 7.30. The zero-order valence-electron chi connectivity index (χ0n) is 15.2. The van der Waals surface area contributed by atoms with Gasteiger partial charge in [-0.1, -0.05) is 0 Å². The van der Waals surface area contributed by atoms with E-state index in [0.717, 1.165) is 4.83 Å². The quantitative estimate of drug-likeness (QED) is 0.516. The zero-order chi connectivity index (χ0) is 18.0. The molecule has 0 saturated heterocycles. The van der Waals surface area contributed by atoms with Gasteiger partial charge in [-0.25, -0.2) is 0 Å². The van der Waals surface area contributed by atoms with Crippen LogP contribution in [0.1, 0.15) is 0 Å². The van der Waals surface area contributed by atoms with E-state index in [1.165, 1.54) is 13.1 Å². The summed E-state index contributed by atoms with van der Waals surface area (Å²) in [7, 11) is 6.61. The maximum absolute atomic E-state index is 8.07. The van der Waals surface area contributed by atoms with Crippen molar-refractivity contribution >= 4 is 42.6 Å². The van der Waals surface area contributed by atoms with Gasteiger partial charge in [0.1, 0.15) is 0 Å². The fraction of sp³-hybridized carbons (Fsp3) is 0.182. The molecule has 0 aliphatic carbocycles. The van der Waals surface area contributed by atoms with Gasteiger partial charge in [0.25, 0.3) is 0 Å². The van der Waals surface area contributed by atoms with Gasteiger partial charge >= 0.3 is 158 Å². The van der Waals surface area contributed by atoms with Crippen LogP contribution in [0.15, 0.2) is 91.0 Å². The van der Waals surface area contributed by atoms with Gasteiger partial charge in [0, 0.05) is 0 Å². The molecule has 3 aromatic carbocycles. The van der Waals surface area contributed by atoms with Crippen molar-refractivity contribution in [2.75, 3.05) is 0 Å². The van der Waals surface area contributed by atoms with E-state index in [9.17, 15) is 0 Å². The normalized spacial score (nSPS) is 13.8. The molecule has 0 radical (unpaired) electrons. The first kappa shape index (κ1) is 18.5. The van der Waals surface area contributed by atoms with Crippen molar-refractivity contribution in [2.24, 2.45) is 0 Å². The summed E-state index contributed by atoms with van der Waals surface area (Å²) in [5, 5.41) is 0. The Morgan fingerprint density at radius 2 is 0.880 bits per heavy atom. The second-order valence-electron chi connectivity index (χ2n) is 7.91. The predicted molar refractivity (Wildman–Crippen MR) is 118 cm³/mol. The minimum absolute atomic E-state index is 1.10. The maximum atomic E-state index is 8.07. The average Bonchev–Trinajstić information content (AvgIpc) is 2.63. The van der Waals surface area contributed by atoms with E-state index in [-0.39, 0.29) is 0 Å². The van der Waals surface area contributed by atoms with Gasteiger partial charge in [-0.3, -0.25) is 0 Å². The van der Waals surface area contributed by atoms with Gasteiger partial charge in [-0.05, 0) is 0 Å². The molecule has 3 rings (SSSR count). The average molecular weight is 429 g/mol. The zero-order valence-corrected chi connectivity index (χ0v) is 18.8. The number of hydrogen-bond donors (Lipinski definition) is 0. The Morgan fingerprint density at radius 1 is 0.600 bits per heavy atom. The van der Waals surface area contributed by atoms with Crippen LogP contribution in [0.5, 0.6) is 0 Å². The molecule has 25 heavy (non-hydrogen) atoms. The molecule has 0 aromatic heterocycles. The molecule has 0 N–H and O–H groups in total. The van der Waals surface area contributed by atoms with Crippen LogP contribution in [0, 0.1) is 0 Å². The van der Waals surface area contributed by atoms with Crippen molar-refractivity contribution in [3.63, 3.8) is 0 Å². The fourth-order valence-corrected chi connectivity index (χ4v) is 35.0. The first-order chi connectivity index (χ1) is 11.8. The van der Waals surface area contributed by atoms with Crippen LogP contribution >= 0.6 is 9.95 Å². The standard InChI is InChI=1S/C22H26AsClSi/c1-25(2,3)19-23(24,20-13-7-4-8-14-20,21-15-9-5-10-16-21)22-17-11-6-12-18-22/h4-18H,19H2,1-3H3. The summed E-state index contributed by atoms with van der Waals surface area (Å²) < 4.78 is 3.97. The summed E-state index contributed by atoms with van der Waals surface area (Å²) in [5.74, 6) is 0. The molecule has 0 bridgehead atoms. The first-order valence-corrected chi connectivity index (χ1v) is 19.1. The summed E-state index contributed by atoms with van der Waals surface area (Å²) in [5.41, 5.74) is 0. The third-order valence-corrected chi connectivity index (χ3v) is 29.5. The van der Waals surface area contributed by atoms with Crippen molar-refractivity contribution in [1.82, 2.24) is 0 Å². The molecule has 0 spiro atoms. The molecule has 0 atom stereocenters. The Hall–Kier alpha value is -1.27. The Bertz CT molecular complexity index is 727. The van der Waals surface area contributed by atoms with E-state index in [4.69, 9.17) is 9.95 Å². The van der Waals surface area contributed by atoms with Crippen LogP contribution < -0.4 is 13.1 Å². The van der Waals surface area contributed by atoms with Gasteiger partial charge in [0.05, 0.1) is 0 Å². The van der Waals surface area contributed by atoms with E-state index in [1.54, 1.807) is 0 Å². The Balaban J connectivity index is 2.45. The monoisotopic (exact) mass is 428 g/mol. The molecule has 3 aromatic rings. The molecule has 0 aliphatic rings. The molecule has 3 heteroatoms. The second-order valence-corrected chi connectivity index (χ2v) is 27.4. The van der Waals surface area contributed by atoms with Crippen LogP contribution in [0.4, 0.5) is 0 Å². The molecule has 130 valence electrons. The van der Waals surface area contributed by atoms with E-state index in [0.29, 0.717) is 0 Å². The Morgan fingerprint density at radius 3 is 1.12 bits per heavy atom. The topological polar surface area (TPSA) is 0 Å². The van der Waals surface area contributed by atoms with Crippen LogP contribution in [0.25, 0.3) is 0 Å². The van der Waals surface area contributed by atoms with Gasteiger partial charge < -0.3 is 0 Å². The van der Waals surface area contributed by atoms with Crippen LogP contribution in [0.2, 0.25) is 24.5 Å². The second kappa shape index (κ2) is 6.80. The Kier molecular flexibility index (Phi) is 5.03. The van der Waals surface area contributed by atoms with E-state index < -0.39 is 19.6 Å². The molecular formula is C22H26AsClSi. The third kappa shape index (κ3) is 3.38. The van der Waals surface area contributed by atoms with Crippen LogP contribution in [0.3, 0.4) is 0 Å². The summed E-state index contributed by atoms with van der Waals surface area (Å²) >= 11 is -3.76. The molecule has 0 fully saturated rings. The van der Waals surface area contributed by atoms with Crippen molar-refractivity contribution < 1.29 is 0 Å². The number of rotatable bonds is 5. The van der Waals surface area contributed by atoms with E-state index >= 15 is 0 Å². The molecule has 0 heterocycles. The molecule has 0 nitrogen and oxygen atoms in total. The van der Waals surface area contributed by atoms with Crippen LogP contribution in [-0.4, -0.2) is 19.6 Å². The summed E-state index contributed by atoms with van der Waals surface area (Å²) in [6.07, 6.45) is 0. The van der Waals surface area contributed by atoms with E-state index in [2.05, 4.69) is 111 Å². The van der Waals surface area contributed by atoms with Gasteiger partial charge in [0.2, 0.25) is 0 Å². The molecule has 0 aliphatic heterocycles. The van der Waals surface area contributed by atoms with Crippen molar-refractivity contribution in [3.05, 3.63) is 91.0 Å². The molecule has 0 saturated carbocycles. The van der Waals surface area contributed by atoms with Crippen molar-refractivity contribution in [1.29, 1.82) is 0 Å². The third-order valence-electron chi connectivity index (χ3n) is 4.65. The minimum atomic E-state index is -3.76. The van der Waals surface area contributed by atoms with E-state index in [1.807, 2.05) is 0 Å². The van der Waals surface area contributed by atoms with Gasteiger partial charge in [-0.15, -0.1) is 0 Å². The first-order valence-electron chi connectivity index (χ1n) is 8.74.